The highest BCUT2D eigenvalue weighted by atomic mass is 16.5. The molecule has 0 bridgehead atoms. The third kappa shape index (κ3) is 6.43. The van der Waals surface area contributed by atoms with Crippen LogP contribution in [-0.2, 0) is 6.42 Å². The summed E-state index contributed by atoms with van der Waals surface area (Å²) in [5.41, 5.74) is 1.80. The van der Waals surface area contributed by atoms with Crippen LogP contribution in [0.4, 0.5) is 5.82 Å². The van der Waals surface area contributed by atoms with E-state index >= 15 is 0 Å². The van der Waals surface area contributed by atoms with Crippen molar-refractivity contribution < 1.29 is 9.53 Å². The summed E-state index contributed by atoms with van der Waals surface area (Å²) < 4.78 is 5.15. The molecule has 6 nitrogen and oxygen atoms in total. The number of carbonyl (C=O) groups is 1. The first-order valence-electron chi connectivity index (χ1n) is 8.34. The highest BCUT2D eigenvalue weighted by Crippen LogP contribution is 2.12. The van der Waals surface area contributed by atoms with E-state index < -0.39 is 0 Å². The number of hydrogen-bond donors (Lipinski definition) is 2. The molecule has 25 heavy (non-hydrogen) atoms. The number of carbonyl (C=O) groups excluding carboxylic acids is 1. The van der Waals surface area contributed by atoms with Gasteiger partial charge >= 0.3 is 0 Å². The molecular formula is C19H26N4O2. The van der Waals surface area contributed by atoms with Gasteiger partial charge in [-0.25, -0.2) is 4.98 Å². The van der Waals surface area contributed by atoms with Gasteiger partial charge in [-0.2, -0.15) is 0 Å². The topological polar surface area (TPSA) is 66.5 Å². The lowest BCUT2D eigenvalue weighted by molar-refractivity contribution is 0.0950. The summed E-state index contributed by atoms with van der Waals surface area (Å²) in [6, 6.07) is 11.6. The van der Waals surface area contributed by atoms with Gasteiger partial charge < -0.3 is 20.3 Å². The lowest BCUT2D eigenvalue weighted by Crippen LogP contribution is -2.31. The molecule has 2 N–H and O–H groups in total. The third-order valence-electron chi connectivity index (χ3n) is 3.75. The quantitative estimate of drug-likeness (QED) is 0.730. The number of anilines is 1. The number of rotatable bonds is 9. The Balaban J connectivity index is 1.76. The number of amides is 1. The van der Waals surface area contributed by atoms with E-state index in [1.165, 1.54) is 5.56 Å². The van der Waals surface area contributed by atoms with E-state index in [0.29, 0.717) is 12.1 Å². The number of benzene rings is 1. The highest BCUT2D eigenvalue weighted by molar-refractivity contribution is 5.94. The second-order valence-electron chi connectivity index (χ2n) is 6.02. The number of nitrogens with zero attached hydrogens (tertiary/aromatic N) is 2. The fourth-order valence-corrected chi connectivity index (χ4v) is 2.25. The Morgan fingerprint density at radius 1 is 1.12 bits per heavy atom. The second kappa shape index (κ2) is 9.64. The van der Waals surface area contributed by atoms with E-state index in [0.717, 1.165) is 31.1 Å². The van der Waals surface area contributed by atoms with Crippen LogP contribution in [-0.4, -0.2) is 56.6 Å². The van der Waals surface area contributed by atoms with Crippen molar-refractivity contribution in [3.63, 3.8) is 0 Å². The minimum atomic E-state index is -0.0980. The summed E-state index contributed by atoms with van der Waals surface area (Å²) in [5.74, 6) is 1.52. The molecule has 1 heterocycles. The van der Waals surface area contributed by atoms with Crippen LogP contribution < -0.4 is 15.4 Å². The van der Waals surface area contributed by atoms with Gasteiger partial charge in [0.05, 0.1) is 12.7 Å². The zero-order valence-electron chi connectivity index (χ0n) is 15.1. The Labute approximate surface area is 149 Å². The lowest BCUT2D eigenvalue weighted by atomic mass is 10.1. The maximum Gasteiger partial charge on any atom is 0.252 e. The minimum absolute atomic E-state index is 0.0980. The van der Waals surface area contributed by atoms with Crippen LogP contribution in [0.15, 0.2) is 42.6 Å². The molecule has 2 aromatic rings. The number of hydrogen-bond acceptors (Lipinski definition) is 5. The van der Waals surface area contributed by atoms with Crippen molar-refractivity contribution in [1.82, 2.24) is 15.2 Å². The van der Waals surface area contributed by atoms with Crippen LogP contribution in [0.1, 0.15) is 15.9 Å². The smallest absolute Gasteiger partial charge is 0.252 e. The van der Waals surface area contributed by atoms with Crippen LogP contribution in [0.25, 0.3) is 0 Å². The van der Waals surface area contributed by atoms with Gasteiger partial charge in [0.1, 0.15) is 11.6 Å². The van der Waals surface area contributed by atoms with Crippen LogP contribution in [0.2, 0.25) is 0 Å². The molecule has 0 atom stereocenters. The molecule has 0 saturated carbocycles. The molecule has 134 valence electrons. The molecular weight excluding hydrogens is 316 g/mol. The first-order valence-corrected chi connectivity index (χ1v) is 8.34. The van der Waals surface area contributed by atoms with Gasteiger partial charge in [0.2, 0.25) is 0 Å². The summed E-state index contributed by atoms with van der Waals surface area (Å²) in [6.07, 6.45) is 2.49. The maximum atomic E-state index is 12.0. The predicted molar refractivity (Wildman–Crippen MR) is 100 cm³/mol. The molecule has 1 aromatic carbocycles. The zero-order valence-corrected chi connectivity index (χ0v) is 15.1. The van der Waals surface area contributed by atoms with Crippen molar-refractivity contribution in [3.05, 3.63) is 53.7 Å². The lowest BCUT2D eigenvalue weighted by Gasteiger charge is -2.10. The second-order valence-corrected chi connectivity index (χ2v) is 6.02. The molecule has 1 amide bonds. The summed E-state index contributed by atoms with van der Waals surface area (Å²) >= 11 is 0. The van der Waals surface area contributed by atoms with Gasteiger partial charge in [-0.05, 0) is 50.3 Å². The van der Waals surface area contributed by atoms with Crippen molar-refractivity contribution in [3.8, 4) is 5.75 Å². The standard InChI is InChI=1S/C19H26N4O2/c1-23(2)13-12-21-19(24)16-6-9-18(22-14-16)20-11-10-15-4-7-17(25-3)8-5-15/h4-9,14H,10-13H2,1-3H3,(H,20,22)(H,21,24). The molecule has 0 unspecified atom stereocenters. The Morgan fingerprint density at radius 2 is 1.88 bits per heavy atom. The SMILES string of the molecule is COc1ccc(CCNc2ccc(C(=O)NCCN(C)C)cn2)cc1. The van der Waals surface area contributed by atoms with Crippen LogP contribution in [0, 0.1) is 0 Å². The van der Waals surface area contributed by atoms with Gasteiger partial charge in [0.15, 0.2) is 0 Å². The summed E-state index contributed by atoms with van der Waals surface area (Å²) in [7, 11) is 5.61. The fraction of sp³-hybridized carbons (Fsp3) is 0.368. The first kappa shape index (κ1) is 18.7. The van der Waals surface area contributed by atoms with Crippen molar-refractivity contribution in [2.24, 2.45) is 0 Å². The monoisotopic (exact) mass is 342 g/mol. The molecule has 0 aliphatic rings. The number of ether oxygens (including phenoxy) is 1. The van der Waals surface area contributed by atoms with E-state index in [-0.39, 0.29) is 5.91 Å². The molecule has 0 aliphatic carbocycles. The molecule has 0 aliphatic heterocycles. The normalized spacial score (nSPS) is 10.6. The van der Waals surface area contributed by atoms with Gasteiger partial charge in [-0.1, -0.05) is 12.1 Å². The van der Waals surface area contributed by atoms with E-state index in [9.17, 15) is 4.79 Å². The Morgan fingerprint density at radius 3 is 2.48 bits per heavy atom. The van der Waals surface area contributed by atoms with Gasteiger partial charge in [-0.3, -0.25) is 4.79 Å². The average Bonchev–Trinajstić information content (AvgIpc) is 2.62. The number of aromatic nitrogens is 1. The maximum absolute atomic E-state index is 12.0. The molecule has 0 radical (unpaired) electrons. The molecule has 0 spiro atoms. The Kier molecular flexibility index (Phi) is 7.22. The van der Waals surface area contributed by atoms with E-state index in [1.54, 1.807) is 19.4 Å². The van der Waals surface area contributed by atoms with E-state index in [1.807, 2.05) is 37.2 Å². The number of methoxy groups -OCH3 is 1. The summed E-state index contributed by atoms with van der Waals surface area (Å²) in [4.78, 5) is 18.3. The predicted octanol–water partition coefficient (Wildman–Crippen LogP) is 2.04. The summed E-state index contributed by atoms with van der Waals surface area (Å²) in [5, 5.41) is 6.14. The van der Waals surface area contributed by atoms with E-state index in [2.05, 4.69) is 27.8 Å². The zero-order chi connectivity index (χ0) is 18.1. The summed E-state index contributed by atoms with van der Waals surface area (Å²) in [6.45, 7) is 2.20. The highest BCUT2D eigenvalue weighted by Gasteiger charge is 2.05. The van der Waals surface area contributed by atoms with Crippen LogP contribution in [0.3, 0.4) is 0 Å². The Bertz CT molecular complexity index is 654. The number of pyridine rings is 1. The average molecular weight is 342 g/mol. The van der Waals surface area contributed by atoms with Gasteiger partial charge in [0, 0.05) is 25.8 Å². The van der Waals surface area contributed by atoms with Crippen LogP contribution >= 0.6 is 0 Å². The molecule has 0 fully saturated rings. The molecule has 1 aromatic heterocycles. The third-order valence-corrected chi connectivity index (χ3v) is 3.75. The fourth-order valence-electron chi connectivity index (χ4n) is 2.25. The largest absolute Gasteiger partial charge is 0.497 e. The van der Waals surface area contributed by atoms with Crippen molar-refractivity contribution in [2.75, 3.05) is 46.2 Å². The van der Waals surface area contributed by atoms with Crippen molar-refractivity contribution >= 4 is 11.7 Å². The molecule has 6 heteroatoms. The van der Waals surface area contributed by atoms with Crippen molar-refractivity contribution in [1.29, 1.82) is 0 Å². The number of likely N-dealkylation sites (N-methyl/N-ethyl adjacent to an activating group) is 1. The Hall–Kier alpha value is -2.60. The minimum Gasteiger partial charge on any atom is -0.497 e. The number of nitrogens with one attached hydrogen (secondary N) is 2. The first-order chi connectivity index (χ1) is 12.1. The van der Waals surface area contributed by atoms with E-state index in [4.69, 9.17) is 4.74 Å². The van der Waals surface area contributed by atoms with Gasteiger partial charge in [-0.15, -0.1) is 0 Å². The van der Waals surface area contributed by atoms with Crippen LogP contribution in [0.5, 0.6) is 5.75 Å². The molecule has 2 rings (SSSR count). The van der Waals surface area contributed by atoms with Gasteiger partial charge in [0.25, 0.3) is 5.91 Å². The molecule has 0 saturated heterocycles. The van der Waals surface area contributed by atoms with Crippen molar-refractivity contribution in [2.45, 2.75) is 6.42 Å².